The molecule has 0 rings (SSSR count). The Kier molecular flexibility index (Phi) is 14.4. The van der Waals surface area contributed by atoms with Crippen LogP contribution in [-0.4, -0.2) is 5.75 Å². The van der Waals surface area contributed by atoms with Crippen molar-refractivity contribution in [2.24, 2.45) is 0 Å². The van der Waals surface area contributed by atoms with Crippen molar-refractivity contribution in [2.45, 2.75) is 32.6 Å². The van der Waals surface area contributed by atoms with E-state index in [9.17, 15) is 0 Å². The second-order valence-corrected chi connectivity index (χ2v) is 2.88. The fourth-order valence-corrected chi connectivity index (χ4v) is 1.09. The van der Waals surface area contributed by atoms with Crippen molar-refractivity contribution in [3.8, 4) is 5.40 Å². The standard InChI is InChI=1S/C7H13NS.H3N/c1-2-3-4-5-6-9-7-8;/h2-6H2,1H3;1H3. The van der Waals surface area contributed by atoms with Gasteiger partial charge in [-0.15, -0.1) is 0 Å². The van der Waals surface area contributed by atoms with Gasteiger partial charge in [-0.1, -0.05) is 26.2 Å². The SMILES string of the molecule is CCCCCCSC#N.N. The largest absolute Gasteiger partial charge is 0.344 e. The van der Waals surface area contributed by atoms with Crippen molar-refractivity contribution in [2.75, 3.05) is 5.75 Å². The maximum absolute atomic E-state index is 8.14. The smallest absolute Gasteiger partial charge is 0.133 e. The molecule has 0 aromatic carbocycles. The number of nitrogens with zero attached hydrogens (tertiary/aromatic N) is 1. The summed E-state index contributed by atoms with van der Waals surface area (Å²) in [4.78, 5) is 0. The molecule has 0 atom stereocenters. The van der Waals surface area contributed by atoms with Crippen LogP contribution < -0.4 is 6.15 Å². The first-order valence-electron chi connectivity index (χ1n) is 3.42. The summed E-state index contributed by atoms with van der Waals surface area (Å²) >= 11 is 1.36. The van der Waals surface area contributed by atoms with Crippen LogP contribution in [0, 0.1) is 10.7 Å². The third-order valence-electron chi connectivity index (χ3n) is 1.16. The Morgan fingerprint density at radius 1 is 1.30 bits per heavy atom. The highest BCUT2D eigenvalue weighted by Gasteiger charge is 1.86. The van der Waals surface area contributed by atoms with Crippen molar-refractivity contribution in [3.63, 3.8) is 0 Å². The first kappa shape index (κ1) is 12.5. The molecule has 0 aliphatic heterocycles. The second-order valence-electron chi connectivity index (χ2n) is 2.00. The minimum atomic E-state index is 0. The summed E-state index contributed by atoms with van der Waals surface area (Å²) < 4.78 is 0. The molecular formula is C7H16N2S. The lowest BCUT2D eigenvalue weighted by Gasteiger charge is -1.92. The van der Waals surface area contributed by atoms with E-state index in [1.54, 1.807) is 0 Å². The number of thiocyanates is 1. The van der Waals surface area contributed by atoms with Gasteiger partial charge in [0.15, 0.2) is 0 Å². The highest BCUT2D eigenvalue weighted by atomic mass is 32.2. The van der Waals surface area contributed by atoms with Crippen molar-refractivity contribution in [1.82, 2.24) is 6.15 Å². The minimum Gasteiger partial charge on any atom is -0.344 e. The third-order valence-corrected chi connectivity index (χ3v) is 1.79. The topological polar surface area (TPSA) is 58.8 Å². The van der Waals surface area contributed by atoms with Crippen molar-refractivity contribution >= 4 is 11.8 Å². The molecule has 3 N–H and O–H groups in total. The average Bonchev–Trinajstić information content (AvgIpc) is 1.89. The van der Waals surface area contributed by atoms with Crippen molar-refractivity contribution in [3.05, 3.63) is 0 Å². The van der Waals surface area contributed by atoms with Crippen LogP contribution in [0.25, 0.3) is 0 Å². The van der Waals surface area contributed by atoms with Crippen LogP contribution in [0.4, 0.5) is 0 Å². The van der Waals surface area contributed by atoms with E-state index in [1.165, 1.54) is 37.4 Å². The predicted molar refractivity (Wildman–Crippen MR) is 47.2 cm³/mol. The Morgan fingerprint density at radius 3 is 2.50 bits per heavy atom. The Balaban J connectivity index is 0. The van der Waals surface area contributed by atoms with E-state index in [0.717, 1.165) is 5.75 Å². The summed E-state index contributed by atoms with van der Waals surface area (Å²) in [6.45, 7) is 2.19. The molecule has 3 heteroatoms. The highest BCUT2D eigenvalue weighted by molar-refractivity contribution is 8.03. The molecule has 60 valence electrons. The number of thioether (sulfide) groups is 1. The summed E-state index contributed by atoms with van der Waals surface area (Å²) in [6, 6.07) is 0. The molecule has 10 heavy (non-hydrogen) atoms. The second kappa shape index (κ2) is 11.6. The number of rotatable bonds is 5. The molecule has 0 heterocycles. The van der Waals surface area contributed by atoms with Crippen LogP contribution >= 0.6 is 11.8 Å². The van der Waals surface area contributed by atoms with Gasteiger partial charge in [-0.2, -0.15) is 5.26 Å². The van der Waals surface area contributed by atoms with Crippen molar-refractivity contribution in [1.29, 1.82) is 5.26 Å². The van der Waals surface area contributed by atoms with E-state index >= 15 is 0 Å². The van der Waals surface area contributed by atoms with Gasteiger partial charge >= 0.3 is 0 Å². The number of nitriles is 1. The molecule has 0 saturated carbocycles. The summed E-state index contributed by atoms with van der Waals surface area (Å²) in [5.41, 5.74) is 0. The minimum absolute atomic E-state index is 0. The lowest BCUT2D eigenvalue weighted by molar-refractivity contribution is 0.707. The molecule has 0 aromatic rings. The Hall–Kier alpha value is -0.200. The molecule has 0 unspecified atom stereocenters. The number of hydrogen-bond donors (Lipinski definition) is 1. The van der Waals surface area contributed by atoms with Gasteiger partial charge in [0, 0.05) is 5.75 Å². The van der Waals surface area contributed by atoms with Gasteiger partial charge in [0.2, 0.25) is 0 Å². The van der Waals surface area contributed by atoms with Crippen molar-refractivity contribution < 1.29 is 0 Å². The van der Waals surface area contributed by atoms with Crippen LogP contribution in [0.1, 0.15) is 32.6 Å². The zero-order chi connectivity index (χ0) is 6.95. The van der Waals surface area contributed by atoms with Gasteiger partial charge in [0.05, 0.1) is 0 Å². The molecule has 0 aliphatic carbocycles. The van der Waals surface area contributed by atoms with E-state index in [1.807, 2.05) is 0 Å². The van der Waals surface area contributed by atoms with Crippen LogP contribution in [0.15, 0.2) is 0 Å². The summed E-state index contributed by atoms with van der Waals surface area (Å²) in [5.74, 6) is 1.01. The van der Waals surface area contributed by atoms with E-state index < -0.39 is 0 Å². The van der Waals surface area contributed by atoms with Gasteiger partial charge in [0.1, 0.15) is 5.40 Å². The first-order chi connectivity index (χ1) is 4.41. The van der Waals surface area contributed by atoms with Gasteiger partial charge in [-0.05, 0) is 18.2 Å². The number of unbranched alkanes of at least 4 members (excludes halogenated alkanes) is 3. The summed E-state index contributed by atoms with van der Waals surface area (Å²) in [7, 11) is 0. The van der Waals surface area contributed by atoms with Gasteiger partial charge < -0.3 is 6.15 Å². The van der Waals surface area contributed by atoms with E-state index in [2.05, 4.69) is 12.3 Å². The zero-order valence-electron chi connectivity index (χ0n) is 6.60. The summed E-state index contributed by atoms with van der Waals surface area (Å²) in [5, 5.41) is 10.2. The van der Waals surface area contributed by atoms with E-state index in [-0.39, 0.29) is 6.15 Å². The molecule has 0 spiro atoms. The summed E-state index contributed by atoms with van der Waals surface area (Å²) in [6.07, 6.45) is 5.07. The number of hydrogen-bond acceptors (Lipinski definition) is 3. The quantitative estimate of drug-likeness (QED) is 0.497. The van der Waals surface area contributed by atoms with Gasteiger partial charge in [0.25, 0.3) is 0 Å². The Labute approximate surface area is 67.6 Å². The third kappa shape index (κ3) is 10.7. The molecule has 0 bridgehead atoms. The van der Waals surface area contributed by atoms with E-state index in [0.29, 0.717) is 0 Å². The molecule has 2 nitrogen and oxygen atoms in total. The lowest BCUT2D eigenvalue weighted by Crippen LogP contribution is -1.77. The van der Waals surface area contributed by atoms with E-state index in [4.69, 9.17) is 5.26 Å². The highest BCUT2D eigenvalue weighted by Crippen LogP contribution is 2.04. The normalized spacial score (nSPS) is 8.00. The maximum atomic E-state index is 8.14. The molecule has 0 aromatic heterocycles. The van der Waals surface area contributed by atoms with Crippen LogP contribution in [0.5, 0.6) is 0 Å². The molecular weight excluding hydrogens is 144 g/mol. The molecule has 0 radical (unpaired) electrons. The molecule has 0 aliphatic rings. The lowest BCUT2D eigenvalue weighted by atomic mass is 10.2. The first-order valence-corrected chi connectivity index (χ1v) is 4.41. The zero-order valence-corrected chi connectivity index (χ0v) is 7.41. The molecule has 0 saturated heterocycles. The predicted octanol–water partition coefficient (Wildman–Crippen LogP) is 2.94. The molecule has 0 amide bonds. The van der Waals surface area contributed by atoms with Crippen LogP contribution in [0.3, 0.4) is 0 Å². The molecule has 0 fully saturated rings. The van der Waals surface area contributed by atoms with Gasteiger partial charge in [-0.25, -0.2) is 0 Å². The Morgan fingerprint density at radius 2 is 2.00 bits per heavy atom. The fraction of sp³-hybridized carbons (Fsp3) is 0.857. The fourth-order valence-electron chi connectivity index (χ4n) is 0.647. The Bertz CT molecular complexity index is 88.1. The van der Waals surface area contributed by atoms with Crippen LogP contribution in [0.2, 0.25) is 0 Å². The average molecular weight is 160 g/mol. The monoisotopic (exact) mass is 160 g/mol. The van der Waals surface area contributed by atoms with Gasteiger partial charge in [-0.3, -0.25) is 0 Å². The van der Waals surface area contributed by atoms with Crippen LogP contribution in [-0.2, 0) is 0 Å². The maximum Gasteiger partial charge on any atom is 0.133 e.